The molecule has 3 aromatic rings. The van der Waals surface area contributed by atoms with Gasteiger partial charge in [0.15, 0.2) is 0 Å². The Morgan fingerprint density at radius 3 is 2.79 bits per heavy atom. The molecule has 0 saturated carbocycles. The molecule has 3 heterocycles. The maximum absolute atomic E-state index is 12.8. The Labute approximate surface area is 167 Å². The average molecular weight is 395 g/mol. The molecule has 1 aliphatic heterocycles. The van der Waals surface area contributed by atoms with Gasteiger partial charge in [0, 0.05) is 42.7 Å². The molecule has 2 aromatic heterocycles. The topological polar surface area (TPSA) is 64.4 Å². The second-order valence-electron chi connectivity index (χ2n) is 6.91. The van der Waals surface area contributed by atoms with Crippen molar-refractivity contribution in [2.45, 2.75) is 19.4 Å². The minimum absolute atomic E-state index is 0.0790. The zero-order valence-electron chi connectivity index (χ0n) is 15.8. The Morgan fingerprint density at radius 2 is 2.04 bits per heavy atom. The van der Waals surface area contributed by atoms with E-state index in [-0.39, 0.29) is 17.6 Å². The molecule has 0 bridgehead atoms. The molecule has 1 aliphatic rings. The van der Waals surface area contributed by atoms with E-state index in [0.29, 0.717) is 24.5 Å². The normalized spacial score (nSPS) is 16.4. The van der Waals surface area contributed by atoms with Gasteiger partial charge in [0.05, 0.1) is 6.54 Å². The van der Waals surface area contributed by atoms with Crippen LogP contribution in [0, 0.1) is 6.92 Å². The molecular formula is C21H21N3O3S. The molecule has 0 spiro atoms. The number of ether oxygens (including phenoxy) is 1. The highest BCUT2D eigenvalue weighted by molar-refractivity contribution is 7.13. The molecule has 1 atom stereocenters. The third-order valence-corrected chi connectivity index (χ3v) is 5.85. The molecule has 1 fully saturated rings. The van der Waals surface area contributed by atoms with Crippen molar-refractivity contribution in [3.8, 4) is 16.3 Å². The van der Waals surface area contributed by atoms with E-state index in [1.165, 1.54) is 17.4 Å². The highest BCUT2D eigenvalue weighted by atomic mass is 32.1. The first-order valence-corrected chi connectivity index (χ1v) is 10.0. The van der Waals surface area contributed by atoms with E-state index < -0.39 is 0 Å². The van der Waals surface area contributed by atoms with Crippen LogP contribution in [-0.2, 0) is 7.05 Å². The molecule has 7 heteroatoms. The summed E-state index contributed by atoms with van der Waals surface area (Å²) in [5, 5.41) is 2.65. The maximum atomic E-state index is 12.8. The number of thiazole rings is 1. The molecule has 1 amide bonds. The first kappa shape index (κ1) is 18.4. The van der Waals surface area contributed by atoms with Crippen LogP contribution in [0.4, 0.5) is 0 Å². The summed E-state index contributed by atoms with van der Waals surface area (Å²) in [6, 6.07) is 13.2. The summed E-state index contributed by atoms with van der Waals surface area (Å²) in [7, 11) is 1.73. The number of aryl methyl sites for hydroxylation is 1. The van der Waals surface area contributed by atoms with Crippen molar-refractivity contribution in [1.82, 2.24) is 14.5 Å². The van der Waals surface area contributed by atoms with Gasteiger partial charge in [-0.3, -0.25) is 9.59 Å². The molecule has 0 N–H and O–H groups in total. The monoisotopic (exact) mass is 395 g/mol. The minimum atomic E-state index is -0.123. The second-order valence-corrected chi connectivity index (χ2v) is 7.77. The molecule has 1 aromatic carbocycles. The fourth-order valence-electron chi connectivity index (χ4n) is 3.25. The van der Waals surface area contributed by atoms with Gasteiger partial charge in [0.2, 0.25) is 0 Å². The smallest absolute Gasteiger partial charge is 0.273 e. The van der Waals surface area contributed by atoms with Gasteiger partial charge >= 0.3 is 0 Å². The van der Waals surface area contributed by atoms with Gasteiger partial charge in [-0.25, -0.2) is 4.98 Å². The fourth-order valence-corrected chi connectivity index (χ4v) is 4.05. The van der Waals surface area contributed by atoms with Crippen LogP contribution in [0.15, 0.2) is 52.6 Å². The van der Waals surface area contributed by atoms with Gasteiger partial charge in [0.25, 0.3) is 11.5 Å². The lowest BCUT2D eigenvalue weighted by Gasteiger charge is -2.17. The number of rotatable bonds is 4. The SMILES string of the molecule is Cc1cc(OC2CCN(C(=O)c3csc(-c4ccccc4)n3)C2)cc(=O)n1C. The number of hydrogen-bond donors (Lipinski definition) is 0. The van der Waals surface area contributed by atoms with Crippen LogP contribution in [0.2, 0.25) is 0 Å². The molecule has 1 unspecified atom stereocenters. The van der Waals surface area contributed by atoms with E-state index in [9.17, 15) is 9.59 Å². The number of amides is 1. The zero-order valence-corrected chi connectivity index (χ0v) is 16.6. The van der Waals surface area contributed by atoms with E-state index in [1.54, 1.807) is 16.5 Å². The largest absolute Gasteiger partial charge is 0.488 e. The van der Waals surface area contributed by atoms with Crippen molar-refractivity contribution in [2.24, 2.45) is 7.05 Å². The fraction of sp³-hybridized carbons (Fsp3) is 0.286. The summed E-state index contributed by atoms with van der Waals surface area (Å²) in [4.78, 5) is 31.0. The van der Waals surface area contributed by atoms with E-state index in [4.69, 9.17) is 4.74 Å². The third kappa shape index (κ3) is 3.71. The van der Waals surface area contributed by atoms with E-state index in [1.807, 2.05) is 48.7 Å². The number of benzene rings is 1. The zero-order chi connectivity index (χ0) is 19.7. The predicted octanol–water partition coefficient (Wildman–Crippen LogP) is 3.11. The average Bonchev–Trinajstić information content (AvgIpc) is 3.36. The van der Waals surface area contributed by atoms with Crippen molar-refractivity contribution in [1.29, 1.82) is 0 Å². The van der Waals surface area contributed by atoms with Crippen LogP contribution in [-0.4, -0.2) is 39.6 Å². The molecule has 144 valence electrons. The predicted molar refractivity (Wildman–Crippen MR) is 109 cm³/mol. The van der Waals surface area contributed by atoms with Gasteiger partial charge < -0.3 is 14.2 Å². The number of aromatic nitrogens is 2. The lowest BCUT2D eigenvalue weighted by molar-refractivity contribution is 0.0767. The van der Waals surface area contributed by atoms with Gasteiger partial charge in [-0.15, -0.1) is 11.3 Å². The van der Waals surface area contributed by atoms with Crippen molar-refractivity contribution >= 4 is 17.2 Å². The highest BCUT2D eigenvalue weighted by Gasteiger charge is 2.29. The van der Waals surface area contributed by atoms with Gasteiger partial charge in [-0.2, -0.15) is 0 Å². The first-order valence-electron chi connectivity index (χ1n) is 9.16. The van der Waals surface area contributed by atoms with Gasteiger partial charge in [0.1, 0.15) is 22.6 Å². The number of carbonyl (C=O) groups is 1. The first-order chi connectivity index (χ1) is 13.5. The summed E-state index contributed by atoms with van der Waals surface area (Å²) in [6.45, 7) is 2.97. The Hall–Kier alpha value is -2.93. The lowest BCUT2D eigenvalue weighted by atomic mass is 10.2. The molecule has 0 radical (unpaired) electrons. The molecule has 6 nitrogen and oxygen atoms in total. The van der Waals surface area contributed by atoms with E-state index in [2.05, 4.69) is 4.98 Å². The standard InChI is InChI=1S/C21H21N3O3S/c1-14-10-17(11-19(25)23(14)2)27-16-8-9-24(12-16)21(26)18-13-28-20(22-18)15-6-4-3-5-7-15/h3-7,10-11,13,16H,8-9,12H2,1-2H3. The Balaban J connectivity index is 1.42. The van der Waals surface area contributed by atoms with Crippen LogP contribution < -0.4 is 10.3 Å². The summed E-state index contributed by atoms with van der Waals surface area (Å²) < 4.78 is 7.53. The van der Waals surface area contributed by atoms with Crippen molar-refractivity contribution in [2.75, 3.05) is 13.1 Å². The van der Waals surface area contributed by atoms with E-state index >= 15 is 0 Å². The quantitative estimate of drug-likeness (QED) is 0.681. The van der Waals surface area contributed by atoms with Crippen molar-refractivity contribution in [3.63, 3.8) is 0 Å². The number of pyridine rings is 1. The maximum Gasteiger partial charge on any atom is 0.273 e. The van der Waals surface area contributed by atoms with Crippen LogP contribution in [0.25, 0.3) is 10.6 Å². The minimum Gasteiger partial charge on any atom is -0.488 e. The van der Waals surface area contributed by atoms with Crippen LogP contribution in [0.3, 0.4) is 0 Å². The van der Waals surface area contributed by atoms with Crippen LogP contribution in [0.5, 0.6) is 5.75 Å². The summed E-state index contributed by atoms with van der Waals surface area (Å²) >= 11 is 1.47. The summed E-state index contributed by atoms with van der Waals surface area (Å²) in [5.41, 5.74) is 2.21. The Kier molecular flexibility index (Phi) is 5.00. The Bertz CT molecular complexity index is 1060. The van der Waals surface area contributed by atoms with Gasteiger partial charge in [-0.1, -0.05) is 30.3 Å². The summed E-state index contributed by atoms with van der Waals surface area (Å²) in [6.07, 6.45) is 0.609. The third-order valence-electron chi connectivity index (χ3n) is 4.96. The second kappa shape index (κ2) is 7.59. The molecule has 4 rings (SSSR count). The molecule has 0 aliphatic carbocycles. The number of likely N-dealkylation sites (tertiary alicyclic amines) is 1. The summed E-state index contributed by atoms with van der Waals surface area (Å²) in [5.74, 6) is 0.476. The Morgan fingerprint density at radius 1 is 1.25 bits per heavy atom. The lowest BCUT2D eigenvalue weighted by Crippen LogP contribution is -2.31. The van der Waals surface area contributed by atoms with E-state index in [0.717, 1.165) is 22.7 Å². The van der Waals surface area contributed by atoms with Crippen molar-refractivity contribution < 1.29 is 9.53 Å². The number of nitrogens with zero attached hydrogens (tertiary/aromatic N) is 3. The number of carbonyl (C=O) groups excluding carboxylic acids is 1. The molecular weight excluding hydrogens is 374 g/mol. The number of hydrogen-bond acceptors (Lipinski definition) is 5. The molecule has 1 saturated heterocycles. The molecule has 28 heavy (non-hydrogen) atoms. The van der Waals surface area contributed by atoms with Crippen LogP contribution in [0.1, 0.15) is 22.6 Å². The van der Waals surface area contributed by atoms with Gasteiger partial charge in [-0.05, 0) is 13.0 Å². The van der Waals surface area contributed by atoms with Crippen molar-refractivity contribution in [3.05, 3.63) is 69.6 Å². The highest BCUT2D eigenvalue weighted by Crippen LogP contribution is 2.25. The van der Waals surface area contributed by atoms with Crippen LogP contribution >= 0.6 is 11.3 Å².